The van der Waals surface area contributed by atoms with Gasteiger partial charge in [-0.2, -0.15) is 0 Å². The Hall–Kier alpha value is -2.44. The maximum Gasteiger partial charge on any atom is 0.346 e. The Morgan fingerprint density at radius 1 is 1.12 bits per heavy atom. The summed E-state index contributed by atoms with van der Waals surface area (Å²) < 4.78 is 11.5. The Morgan fingerprint density at radius 3 is 2.68 bits per heavy atom. The molecular weight excluding hydrogens is 402 g/mol. The van der Waals surface area contributed by atoms with E-state index < -0.39 is 0 Å². The van der Waals surface area contributed by atoms with Crippen LogP contribution in [0.15, 0.2) is 67.6 Å². The second-order valence-corrected chi connectivity index (χ2v) is 7.17. The van der Waals surface area contributed by atoms with Gasteiger partial charge in [-0.05, 0) is 48.5 Å². The fourth-order valence-corrected chi connectivity index (χ4v) is 3.75. The van der Waals surface area contributed by atoms with E-state index in [2.05, 4.69) is 20.9 Å². The highest BCUT2D eigenvalue weighted by Crippen LogP contribution is 2.30. The third-order valence-electron chi connectivity index (χ3n) is 3.81. The van der Waals surface area contributed by atoms with Gasteiger partial charge in [0, 0.05) is 20.8 Å². The molecule has 0 bridgehead atoms. The Labute approximate surface area is 155 Å². The van der Waals surface area contributed by atoms with Crippen LogP contribution >= 0.6 is 27.3 Å². The van der Waals surface area contributed by atoms with Crippen LogP contribution in [-0.4, -0.2) is 12.1 Å². The molecule has 0 aliphatic carbocycles. The van der Waals surface area contributed by atoms with Crippen LogP contribution in [0.1, 0.15) is 0 Å². The number of aromatic nitrogens is 1. The SMILES string of the molecule is COc1ccc(-c2csc(-c3cc4cc(Br)ccc4oc3=O)n2)cc1. The molecule has 0 saturated carbocycles. The van der Waals surface area contributed by atoms with Gasteiger partial charge in [0.2, 0.25) is 0 Å². The quantitative estimate of drug-likeness (QED) is 0.424. The first-order valence-corrected chi connectivity index (χ1v) is 9.15. The molecule has 0 amide bonds. The monoisotopic (exact) mass is 413 g/mol. The summed E-state index contributed by atoms with van der Waals surface area (Å²) in [6.07, 6.45) is 0. The largest absolute Gasteiger partial charge is 0.497 e. The minimum atomic E-state index is -0.384. The number of halogens is 1. The lowest BCUT2D eigenvalue weighted by Crippen LogP contribution is -2.02. The zero-order chi connectivity index (χ0) is 17.4. The molecule has 0 unspecified atom stereocenters. The number of ether oxygens (including phenoxy) is 1. The van der Waals surface area contributed by atoms with E-state index in [9.17, 15) is 4.79 Å². The molecule has 2 aromatic carbocycles. The van der Waals surface area contributed by atoms with Gasteiger partial charge < -0.3 is 9.15 Å². The standard InChI is InChI=1S/C19H12BrNO3S/c1-23-14-5-2-11(3-6-14)16-10-25-18(21-16)15-9-12-8-13(20)4-7-17(12)24-19(15)22/h2-10H,1H3. The number of hydrogen-bond acceptors (Lipinski definition) is 5. The summed E-state index contributed by atoms with van der Waals surface area (Å²) in [4.78, 5) is 16.9. The highest BCUT2D eigenvalue weighted by atomic mass is 79.9. The highest BCUT2D eigenvalue weighted by Gasteiger charge is 2.13. The van der Waals surface area contributed by atoms with E-state index in [-0.39, 0.29) is 5.63 Å². The number of thiazole rings is 1. The minimum absolute atomic E-state index is 0.384. The maximum absolute atomic E-state index is 12.3. The Morgan fingerprint density at radius 2 is 1.92 bits per heavy atom. The smallest absolute Gasteiger partial charge is 0.346 e. The second kappa shape index (κ2) is 6.46. The zero-order valence-electron chi connectivity index (χ0n) is 13.2. The van der Waals surface area contributed by atoms with Crippen LogP contribution in [0, 0.1) is 0 Å². The minimum Gasteiger partial charge on any atom is -0.497 e. The summed E-state index contributed by atoms with van der Waals surface area (Å²) >= 11 is 4.86. The van der Waals surface area contributed by atoms with Gasteiger partial charge in [-0.3, -0.25) is 0 Å². The number of fused-ring (bicyclic) bond motifs is 1. The van der Waals surface area contributed by atoms with Crippen LogP contribution in [0.5, 0.6) is 5.75 Å². The zero-order valence-corrected chi connectivity index (χ0v) is 15.6. The molecule has 0 fully saturated rings. The normalized spacial score (nSPS) is 11.0. The lowest BCUT2D eigenvalue weighted by atomic mass is 10.1. The Bertz CT molecular complexity index is 1120. The van der Waals surface area contributed by atoms with Crippen LogP contribution in [0.25, 0.3) is 32.8 Å². The van der Waals surface area contributed by atoms with Gasteiger partial charge in [0.1, 0.15) is 16.3 Å². The third-order valence-corrected chi connectivity index (χ3v) is 5.18. The second-order valence-electron chi connectivity index (χ2n) is 5.40. The Kier molecular flexibility index (Phi) is 4.15. The van der Waals surface area contributed by atoms with Crippen LogP contribution in [-0.2, 0) is 0 Å². The molecule has 0 N–H and O–H groups in total. The van der Waals surface area contributed by atoms with E-state index in [1.165, 1.54) is 11.3 Å². The molecule has 4 rings (SSSR count). The summed E-state index contributed by atoms with van der Waals surface area (Å²) in [5.41, 5.74) is 2.43. The predicted octanol–water partition coefficient (Wildman–Crippen LogP) is 5.35. The van der Waals surface area contributed by atoms with Gasteiger partial charge in [-0.25, -0.2) is 9.78 Å². The van der Waals surface area contributed by atoms with E-state index in [4.69, 9.17) is 9.15 Å². The average molecular weight is 414 g/mol. The van der Waals surface area contributed by atoms with Crippen molar-refractivity contribution in [2.75, 3.05) is 7.11 Å². The molecule has 25 heavy (non-hydrogen) atoms. The number of hydrogen-bond donors (Lipinski definition) is 0. The predicted molar refractivity (Wildman–Crippen MR) is 103 cm³/mol. The van der Waals surface area contributed by atoms with Crippen molar-refractivity contribution in [3.8, 4) is 27.6 Å². The van der Waals surface area contributed by atoms with Crippen molar-refractivity contribution in [2.24, 2.45) is 0 Å². The molecular formula is C19H12BrNO3S. The van der Waals surface area contributed by atoms with E-state index in [1.807, 2.05) is 47.8 Å². The number of rotatable bonds is 3. The van der Waals surface area contributed by atoms with Crippen molar-refractivity contribution in [3.05, 3.63) is 68.8 Å². The van der Waals surface area contributed by atoms with E-state index >= 15 is 0 Å². The Balaban J connectivity index is 1.77. The summed E-state index contributed by atoms with van der Waals surface area (Å²) in [5, 5.41) is 3.42. The van der Waals surface area contributed by atoms with Gasteiger partial charge in [0.15, 0.2) is 0 Å². The van der Waals surface area contributed by atoms with E-state index in [1.54, 1.807) is 13.2 Å². The van der Waals surface area contributed by atoms with Gasteiger partial charge in [0.05, 0.1) is 18.4 Å². The van der Waals surface area contributed by atoms with Crippen molar-refractivity contribution in [3.63, 3.8) is 0 Å². The van der Waals surface area contributed by atoms with Crippen molar-refractivity contribution in [1.82, 2.24) is 4.98 Å². The van der Waals surface area contributed by atoms with Crippen LogP contribution in [0.2, 0.25) is 0 Å². The van der Waals surface area contributed by atoms with Gasteiger partial charge in [-0.15, -0.1) is 11.3 Å². The van der Waals surface area contributed by atoms with Crippen LogP contribution < -0.4 is 10.4 Å². The van der Waals surface area contributed by atoms with Crippen LogP contribution in [0.4, 0.5) is 0 Å². The van der Waals surface area contributed by atoms with Crippen molar-refractivity contribution in [2.45, 2.75) is 0 Å². The topological polar surface area (TPSA) is 52.3 Å². The van der Waals surface area contributed by atoms with Crippen molar-refractivity contribution in [1.29, 1.82) is 0 Å². The lowest BCUT2D eigenvalue weighted by molar-refractivity contribution is 0.415. The first-order chi connectivity index (χ1) is 12.1. The third kappa shape index (κ3) is 3.10. The van der Waals surface area contributed by atoms with Gasteiger partial charge in [0.25, 0.3) is 0 Å². The molecule has 0 aliphatic heterocycles. The van der Waals surface area contributed by atoms with E-state index in [0.717, 1.165) is 26.9 Å². The van der Waals surface area contributed by atoms with Crippen LogP contribution in [0.3, 0.4) is 0 Å². The molecule has 124 valence electrons. The number of nitrogens with zero attached hydrogens (tertiary/aromatic N) is 1. The number of methoxy groups -OCH3 is 1. The van der Waals surface area contributed by atoms with Crippen molar-refractivity contribution < 1.29 is 9.15 Å². The molecule has 0 spiro atoms. The van der Waals surface area contributed by atoms with Gasteiger partial charge in [-0.1, -0.05) is 15.9 Å². The van der Waals surface area contributed by atoms with E-state index in [0.29, 0.717) is 16.2 Å². The maximum atomic E-state index is 12.3. The fraction of sp³-hybridized carbons (Fsp3) is 0.0526. The molecule has 6 heteroatoms. The molecule has 0 aliphatic rings. The number of benzene rings is 2. The first-order valence-electron chi connectivity index (χ1n) is 7.48. The first kappa shape index (κ1) is 16.1. The molecule has 0 atom stereocenters. The summed E-state index contributed by atoms with van der Waals surface area (Å²) in [5.74, 6) is 0.792. The lowest BCUT2D eigenvalue weighted by Gasteiger charge is -2.01. The van der Waals surface area contributed by atoms with Crippen molar-refractivity contribution >= 4 is 38.2 Å². The summed E-state index contributed by atoms with van der Waals surface area (Å²) in [7, 11) is 1.63. The average Bonchev–Trinajstić information content (AvgIpc) is 3.11. The summed E-state index contributed by atoms with van der Waals surface area (Å²) in [6.45, 7) is 0. The molecule has 4 aromatic rings. The molecule has 2 aromatic heterocycles. The molecule has 4 nitrogen and oxygen atoms in total. The highest BCUT2D eigenvalue weighted by molar-refractivity contribution is 9.10. The summed E-state index contributed by atoms with van der Waals surface area (Å²) in [6, 6.07) is 15.0. The molecule has 0 saturated heterocycles. The molecule has 2 heterocycles. The van der Waals surface area contributed by atoms with Gasteiger partial charge >= 0.3 is 5.63 Å². The molecule has 0 radical (unpaired) electrons. The fourth-order valence-electron chi connectivity index (χ4n) is 2.54.